The van der Waals surface area contributed by atoms with Gasteiger partial charge in [-0.3, -0.25) is 9.59 Å². The number of carbonyl (C=O) groups excluding carboxylic acids is 2. The van der Waals surface area contributed by atoms with E-state index in [1.54, 1.807) is 11.8 Å². The van der Waals surface area contributed by atoms with E-state index in [1.807, 2.05) is 0 Å². The van der Waals surface area contributed by atoms with Gasteiger partial charge in [-0.05, 0) is 19.3 Å². The number of ether oxygens (including phenoxy) is 2. The Hall–Kier alpha value is -0.750. The number of methoxy groups -OCH3 is 2. The minimum absolute atomic E-state index is 0.103. The Bertz CT molecular complexity index is 403. The van der Waals surface area contributed by atoms with Crippen LogP contribution in [0.4, 0.5) is 0 Å². The number of aliphatic hydroxyl groups excluding tert-OH is 1. The molecule has 2 atom stereocenters. The fraction of sp³-hybridized carbons (Fsp3) is 0.913. The number of hydrogen-bond donors (Lipinski definition) is 1. The summed E-state index contributed by atoms with van der Waals surface area (Å²) in [5, 5.41) is 10.8. The first-order valence-corrected chi connectivity index (χ1v) is 12.5. The van der Waals surface area contributed by atoms with Gasteiger partial charge in [0.15, 0.2) is 0 Å². The number of thioether (sulfide) groups is 1. The highest BCUT2D eigenvalue weighted by molar-refractivity contribution is 7.99. The molecule has 0 aliphatic heterocycles. The van der Waals surface area contributed by atoms with Crippen LogP contribution in [-0.4, -0.2) is 48.4 Å². The van der Waals surface area contributed by atoms with E-state index in [-0.39, 0.29) is 23.3 Å². The molecular weight excluding hydrogens is 388 g/mol. The predicted molar refractivity (Wildman–Crippen MR) is 121 cm³/mol. The smallest absolute Gasteiger partial charge is 0.306 e. The van der Waals surface area contributed by atoms with Crippen LogP contribution in [0.2, 0.25) is 0 Å². The van der Waals surface area contributed by atoms with Crippen molar-refractivity contribution in [3.63, 3.8) is 0 Å². The van der Waals surface area contributed by atoms with Crippen LogP contribution in [0.5, 0.6) is 0 Å². The Balaban J connectivity index is 4.08. The zero-order chi connectivity index (χ0) is 21.7. The third kappa shape index (κ3) is 17.8. The van der Waals surface area contributed by atoms with Gasteiger partial charge in [0.05, 0.1) is 26.7 Å². The summed E-state index contributed by atoms with van der Waals surface area (Å²) in [4.78, 5) is 22.6. The van der Waals surface area contributed by atoms with Gasteiger partial charge in [-0.1, -0.05) is 71.1 Å². The number of rotatable bonds is 20. The molecule has 0 aromatic rings. The maximum atomic E-state index is 11.3. The minimum Gasteiger partial charge on any atom is -0.469 e. The van der Waals surface area contributed by atoms with Crippen LogP contribution in [0.15, 0.2) is 0 Å². The molecule has 2 unspecified atom stereocenters. The molecule has 172 valence electrons. The van der Waals surface area contributed by atoms with E-state index in [4.69, 9.17) is 4.74 Å². The van der Waals surface area contributed by atoms with Crippen LogP contribution in [-0.2, 0) is 19.1 Å². The molecular formula is C23H44O5S. The summed E-state index contributed by atoms with van der Waals surface area (Å²) >= 11 is 1.65. The number of esters is 2. The van der Waals surface area contributed by atoms with Gasteiger partial charge in [-0.25, -0.2) is 0 Å². The van der Waals surface area contributed by atoms with Crippen LogP contribution in [0.25, 0.3) is 0 Å². The summed E-state index contributed by atoms with van der Waals surface area (Å²) in [5.41, 5.74) is 0. The van der Waals surface area contributed by atoms with Gasteiger partial charge in [0.25, 0.3) is 0 Å². The second-order valence-corrected chi connectivity index (χ2v) is 9.09. The second kappa shape index (κ2) is 20.5. The minimum atomic E-state index is -0.361. The van der Waals surface area contributed by atoms with Crippen molar-refractivity contribution in [2.24, 2.45) is 0 Å². The lowest BCUT2D eigenvalue weighted by Crippen LogP contribution is -2.24. The van der Waals surface area contributed by atoms with E-state index in [1.165, 1.54) is 65.6 Å². The van der Waals surface area contributed by atoms with Crippen LogP contribution in [0, 0.1) is 0 Å². The summed E-state index contributed by atoms with van der Waals surface area (Å²) in [6.07, 6.45) is 15.2. The van der Waals surface area contributed by atoms with E-state index in [0.717, 1.165) is 32.1 Å². The lowest BCUT2D eigenvalue weighted by atomic mass is 10.0. The molecule has 0 aliphatic rings. The average Bonchev–Trinajstić information content (AvgIpc) is 2.73. The van der Waals surface area contributed by atoms with E-state index in [0.29, 0.717) is 18.6 Å². The van der Waals surface area contributed by atoms with Crippen LogP contribution >= 0.6 is 11.8 Å². The maximum absolute atomic E-state index is 11.3. The van der Waals surface area contributed by atoms with Gasteiger partial charge >= 0.3 is 11.9 Å². The van der Waals surface area contributed by atoms with Crippen LogP contribution in [0.3, 0.4) is 0 Å². The first-order valence-electron chi connectivity index (χ1n) is 11.5. The number of aliphatic hydroxyl groups is 1. The van der Waals surface area contributed by atoms with Gasteiger partial charge in [-0.15, -0.1) is 0 Å². The third-order valence-corrected chi connectivity index (χ3v) is 6.66. The van der Waals surface area contributed by atoms with Gasteiger partial charge in [0.1, 0.15) is 0 Å². The largest absolute Gasteiger partial charge is 0.469 e. The molecule has 0 heterocycles. The highest BCUT2D eigenvalue weighted by atomic mass is 32.2. The molecule has 0 saturated carbocycles. The van der Waals surface area contributed by atoms with Crippen LogP contribution < -0.4 is 0 Å². The standard InChI is InChI=1S/C23H44O5S/c1-4-5-6-7-8-9-10-11-12-15-20(24)21(29-19-18-23(26)28-3)16-13-14-17-22(25)27-2/h20-21,24H,4-19H2,1-3H3. The lowest BCUT2D eigenvalue weighted by Gasteiger charge is -2.22. The Morgan fingerprint density at radius 2 is 1.28 bits per heavy atom. The molecule has 0 aliphatic carbocycles. The van der Waals surface area contributed by atoms with Crippen molar-refractivity contribution in [3.8, 4) is 0 Å². The number of unbranched alkanes of at least 4 members (excludes halogenated alkanes) is 9. The van der Waals surface area contributed by atoms with Crippen molar-refractivity contribution in [2.45, 2.75) is 115 Å². The summed E-state index contributed by atoms with van der Waals surface area (Å²) in [6.45, 7) is 2.24. The first kappa shape index (κ1) is 28.2. The third-order valence-electron chi connectivity index (χ3n) is 5.25. The average molecular weight is 433 g/mol. The lowest BCUT2D eigenvalue weighted by molar-refractivity contribution is -0.141. The Morgan fingerprint density at radius 3 is 1.86 bits per heavy atom. The highest BCUT2D eigenvalue weighted by Gasteiger charge is 2.20. The monoisotopic (exact) mass is 432 g/mol. The summed E-state index contributed by atoms with van der Waals surface area (Å²) in [7, 11) is 2.80. The molecule has 29 heavy (non-hydrogen) atoms. The molecule has 0 radical (unpaired) electrons. The summed E-state index contributed by atoms with van der Waals surface area (Å²) in [5.74, 6) is 0.258. The first-order chi connectivity index (χ1) is 14.0. The molecule has 0 saturated heterocycles. The Morgan fingerprint density at radius 1 is 0.759 bits per heavy atom. The normalized spacial score (nSPS) is 13.1. The van der Waals surface area contributed by atoms with E-state index >= 15 is 0 Å². The van der Waals surface area contributed by atoms with Crippen molar-refractivity contribution >= 4 is 23.7 Å². The summed E-state index contributed by atoms with van der Waals surface area (Å²) < 4.78 is 9.37. The molecule has 1 N–H and O–H groups in total. The van der Waals surface area contributed by atoms with Crippen LogP contribution in [0.1, 0.15) is 103 Å². The topological polar surface area (TPSA) is 72.8 Å². The summed E-state index contributed by atoms with van der Waals surface area (Å²) in [6, 6.07) is 0. The van der Waals surface area contributed by atoms with Gasteiger partial charge < -0.3 is 14.6 Å². The fourth-order valence-electron chi connectivity index (χ4n) is 3.35. The fourth-order valence-corrected chi connectivity index (χ4v) is 4.63. The molecule has 0 amide bonds. The molecule has 0 bridgehead atoms. The van der Waals surface area contributed by atoms with Gasteiger partial charge in [0, 0.05) is 17.4 Å². The van der Waals surface area contributed by atoms with Crippen molar-refractivity contribution in [3.05, 3.63) is 0 Å². The second-order valence-electron chi connectivity index (χ2n) is 7.74. The molecule has 0 aromatic heterocycles. The molecule has 5 nitrogen and oxygen atoms in total. The number of carbonyl (C=O) groups is 2. The SMILES string of the molecule is CCCCCCCCCCCC(O)C(CCCCC(=O)OC)SCCC(=O)OC. The van der Waals surface area contributed by atoms with Gasteiger partial charge in [0.2, 0.25) is 0 Å². The van der Waals surface area contributed by atoms with Crippen molar-refractivity contribution in [1.29, 1.82) is 0 Å². The quantitative estimate of drug-likeness (QED) is 0.197. The molecule has 0 rings (SSSR count). The Labute approximate surface area is 182 Å². The molecule has 0 aromatic carbocycles. The molecule has 6 heteroatoms. The maximum Gasteiger partial charge on any atom is 0.306 e. The van der Waals surface area contributed by atoms with E-state index < -0.39 is 0 Å². The highest BCUT2D eigenvalue weighted by Crippen LogP contribution is 2.25. The van der Waals surface area contributed by atoms with E-state index in [2.05, 4.69) is 11.7 Å². The zero-order valence-electron chi connectivity index (χ0n) is 19.0. The predicted octanol–water partition coefficient (Wildman–Crippen LogP) is 5.67. The molecule has 0 spiro atoms. The van der Waals surface area contributed by atoms with Crippen molar-refractivity contribution < 1.29 is 24.2 Å². The van der Waals surface area contributed by atoms with E-state index in [9.17, 15) is 14.7 Å². The molecule has 0 fully saturated rings. The number of hydrogen-bond acceptors (Lipinski definition) is 6. The van der Waals surface area contributed by atoms with Crippen molar-refractivity contribution in [2.75, 3.05) is 20.0 Å². The Kier molecular flexibility index (Phi) is 20.0. The van der Waals surface area contributed by atoms with Gasteiger partial charge in [-0.2, -0.15) is 11.8 Å². The zero-order valence-corrected chi connectivity index (χ0v) is 19.8. The van der Waals surface area contributed by atoms with Crippen molar-refractivity contribution in [1.82, 2.24) is 0 Å².